The van der Waals surface area contributed by atoms with Crippen LogP contribution in [0.1, 0.15) is 47.0 Å². The van der Waals surface area contributed by atoms with E-state index in [0.29, 0.717) is 0 Å². The van der Waals surface area contributed by atoms with E-state index in [9.17, 15) is 4.79 Å². The molecule has 0 aromatic carbocycles. The van der Waals surface area contributed by atoms with Gasteiger partial charge in [0.15, 0.2) is 0 Å². The molecule has 0 aliphatic carbocycles. The normalized spacial score (nSPS) is 13.8. The van der Waals surface area contributed by atoms with Crippen molar-refractivity contribution < 1.29 is 9.90 Å². The minimum absolute atomic E-state index is 0.0183. The Kier molecular flexibility index (Phi) is 5.77. The molecule has 3 nitrogen and oxygen atoms in total. The lowest BCUT2D eigenvalue weighted by atomic mass is 9.87. The van der Waals surface area contributed by atoms with Crippen LogP contribution in [0.15, 0.2) is 0 Å². The molecule has 0 rings (SSSR count). The molecule has 84 valence electrons. The average molecular weight is 201 g/mol. The summed E-state index contributed by atoms with van der Waals surface area (Å²) in [6.07, 6.45) is 2.64. The number of amides is 1. The molecule has 0 aromatic rings. The molecule has 0 spiro atoms. The smallest absolute Gasteiger partial charge is 0.225 e. The topological polar surface area (TPSA) is 49.3 Å². The van der Waals surface area contributed by atoms with Crippen LogP contribution in [-0.4, -0.2) is 23.7 Å². The van der Waals surface area contributed by atoms with Gasteiger partial charge in [-0.05, 0) is 12.8 Å². The first-order chi connectivity index (χ1) is 6.47. The summed E-state index contributed by atoms with van der Waals surface area (Å²) in [5.41, 5.74) is -0.322. The second-order valence-corrected chi connectivity index (χ2v) is 4.40. The first kappa shape index (κ1) is 13.4. The SMILES string of the molecule is CCCC(C)(C)C(=O)NC(CC)CO. The maximum Gasteiger partial charge on any atom is 0.225 e. The number of nitrogens with one attached hydrogen (secondary N) is 1. The molecule has 0 aromatic heterocycles. The molecule has 0 radical (unpaired) electrons. The van der Waals surface area contributed by atoms with Gasteiger partial charge in [0, 0.05) is 5.41 Å². The van der Waals surface area contributed by atoms with E-state index in [0.717, 1.165) is 19.3 Å². The molecular weight excluding hydrogens is 178 g/mol. The van der Waals surface area contributed by atoms with Gasteiger partial charge in [0.2, 0.25) is 5.91 Å². The molecule has 1 atom stereocenters. The lowest BCUT2D eigenvalue weighted by Crippen LogP contribution is -2.44. The van der Waals surface area contributed by atoms with E-state index >= 15 is 0 Å². The molecule has 0 fully saturated rings. The van der Waals surface area contributed by atoms with Crippen molar-refractivity contribution in [1.29, 1.82) is 0 Å². The molecule has 2 N–H and O–H groups in total. The van der Waals surface area contributed by atoms with Gasteiger partial charge in [-0.2, -0.15) is 0 Å². The third kappa shape index (κ3) is 4.09. The highest BCUT2D eigenvalue weighted by molar-refractivity contribution is 5.82. The van der Waals surface area contributed by atoms with E-state index in [4.69, 9.17) is 5.11 Å². The zero-order valence-corrected chi connectivity index (χ0v) is 9.76. The quantitative estimate of drug-likeness (QED) is 0.687. The maximum absolute atomic E-state index is 11.8. The fraction of sp³-hybridized carbons (Fsp3) is 0.909. The van der Waals surface area contributed by atoms with Gasteiger partial charge in [0.05, 0.1) is 12.6 Å². The van der Waals surface area contributed by atoms with Crippen molar-refractivity contribution in [3.8, 4) is 0 Å². The summed E-state index contributed by atoms with van der Waals surface area (Å²) in [4.78, 5) is 11.8. The molecule has 0 saturated carbocycles. The number of hydrogen-bond donors (Lipinski definition) is 2. The van der Waals surface area contributed by atoms with Crippen LogP contribution in [0.3, 0.4) is 0 Å². The molecule has 0 aliphatic heterocycles. The fourth-order valence-corrected chi connectivity index (χ4v) is 1.40. The van der Waals surface area contributed by atoms with Crippen LogP contribution in [0.2, 0.25) is 0 Å². The molecule has 0 saturated heterocycles. The van der Waals surface area contributed by atoms with Gasteiger partial charge in [-0.3, -0.25) is 4.79 Å². The highest BCUT2D eigenvalue weighted by atomic mass is 16.3. The second kappa shape index (κ2) is 6.02. The van der Waals surface area contributed by atoms with Crippen molar-refractivity contribution in [3.63, 3.8) is 0 Å². The first-order valence-electron chi connectivity index (χ1n) is 5.39. The summed E-state index contributed by atoms with van der Waals surface area (Å²) in [5.74, 6) is 0.0419. The van der Waals surface area contributed by atoms with E-state index in [1.165, 1.54) is 0 Å². The highest BCUT2D eigenvalue weighted by Crippen LogP contribution is 2.22. The minimum Gasteiger partial charge on any atom is -0.394 e. The summed E-state index contributed by atoms with van der Waals surface area (Å²) in [7, 11) is 0. The van der Waals surface area contributed by atoms with Crippen molar-refractivity contribution in [2.75, 3.05) is 6.61 Å². The lowest BCUT2D eigenvalue weighted by molar-refractivity contribution is -0.130. The van der Waals surface area contributed by atoms with E-state index in [1.807, 2.05) is 20.8 Å². The predicted molar refractivity (Wildman–Crippen MR) is 58.0 cm³/mol. The monoisotopic (exact) mass is 201 g/mol. The van der Waals surface area contributed by atoms with Crippen molar-refractivity contribution >= 4 is 5.91 Å². The summed E-state index contributed by atoms with van der Waals surface area (Å²) < 4.78 is 0. The standard InChI is InChI=1S/C11H23NO2/c1-5-7-11(3,4)10(14)12-9(6-2)8-13/h9,13H,5-8H2,1-4H3,(H,12,14). The molecule has 14 heavy (non-hydrogen) atoms. The van der Waals surface area contributed by atoms with Gasteiger partial charge in [-0.1, -0.05) is 34.1 Å². The number of rotatable bonds is 6. The van der Waals surface area contributed by atoms with Crippen molar-refractivity contribution in [3.05, 3.63) is 0 Å². The van der Waals surface area contributed by atoms with Crippen LogP contribution < -0.4 is 5.32 Å². The number of aliphatic hydroxyl groups is 1. The third-order valence-corrected chi connectivity index (χ3v) is 2.54. The van der Waals surface area contributed by atoms with Crippen molar-refractivity contribution in [2.24, 2.45) is 5.41 Å². The third-order valence-electron chi connectivity index (χ3n) is 2.54. The van der Waals surface area contributed by atoms with Gasteiger partial charge in [-0.25, -0.2) is 0 Å². The first-order valence-corrected chi connectivity index (χ1v) is 5.39. The Morgan fingerprint density at radius 3 is 2.36 bits per heavy atom. The average Bonchev–Trinajstić information content (AvgIpc) is 2.13. The van der Waals surface area contributed by atoms with Crippen LogP contribution in [0.5, 0.6) is 0 Å². The second-order valence-electron chi connectivity index (χ2n) is 4.40. The molecule has 0 heterocycles. The molecule has 1 amide bonds. The number of carbonyl (C=O) groups is 1. The Balaban J connectivity index is 4.17. The van der Waals surface area contributed by atoms with Crippen LogP contribution >= 0.6 is 0 Å². The Morgan fingerprint density at radius 1 is 1.43 bits per heavy atom. The zero-order chi connectivity index (χ0) is 11.2. The largest absolute Gasteiger partial charge is 0.394 e. The van der Waals surface area contributed by atoms with Crippen LogP contribution in [-0.2, 0) is 4.79 Å². The van der Waals surface area contributed by atoms with E-state index < -0.39 is 0 Å². The van der Waals surface area contributed by atoms with E-state index in [1.54, 1.807) is 0 Å². The molecule has 0 aliphatic rings. The van der Waals surface area contributed by atoms with Crippen molar-refractivity contribution in [1.82, 2.24) is 5.32 Å². The van der Waals surface area contributed by atoms with Crippen molar-refractivity contribution in [2.45, 2.75) is 53.0 Å². The number of hydrogen-bond acceptors (Lipinski definition) is 2. The number of carbonyl (C=O) groups excluding carboxylic acids is 1. The molecular formula is C11H23NO2. The van der Waals surface area contributed by atoms with Gasteiger partial charge in [-0.15, -0.1) is 0 Å². The summed E-state index contributed by atoms with van der Waals surface area (Å²) in [6, 6.07) is -0.0985. The lowest BCUT2D eigenvalue weighted by Gasteiger charge is -2.25. The minimum atomic E-state index is -0.322. The van der Waals surface area contributed by atoms with E-state index in [-0.39, 0.29) is 24.0 Å². The molecule has 1 unspecified atom stereocenters. The van der Waals surface area contributed by atoms with E-state index in [2.05, 4.69) is 12.2 Å². The Bertz CT molecular complexity index is 174. The fourth-order valence-electron chi connectivity index (χ4n) is 1.40. The predicted octanol–water partition coefficient (Wildman–Crippen LogP) is 1.70. The van der Waals surface area contributed by atoms with Gasteiger partial charge in [0.1, 0.15) is 0 Å². The van der Waals surface area contributed by atoms with Gasteiger partial charge < -0.3 is 10.4 Å². The zero-order valence-electron chi connectivity index (χ0n) is 9.76. The highest BCUT2D eigenvalue weighted by Gasteiger charge is 2.27. The van der Waals surface area contributed by atoms with Crippen LogP contribution in [0, 0.1) is 5.41 Å². The van der Waals surface area contributed by atoms with Crippen LogP contribution in [0.25, 0.3) is 0 Å². The van der Waals surface area contributed by atoms with Crippen LogP contribution in [0.4, 0.5) is 0 Å². The Morgan fingerprint density at radius 2 is 2.00 bits per heavy atom. The summed E-state index contributed by atoms with van der Waals surface area (Å²) in [5, 5.41) is 11.8. The Labute approximate surface area is 86.9 Å². The Hall–Kier alpha value is -0.570. The summed E-state index contributed by atoms with van der Waals surface area (Å²) in [6.45, 7) is 7.92. The summed E-state index contributed by atoms with van der Waals surface area (Å²) >= 11 is 0. The molecule has 0 bridgehead atoms. The van der Waals surface area contributed by atoms with Gasteiger partial charge in [0.25, 0.3) is 0 Å². The number of aliphatic hydroxyl groups excluding tert-OH is 1. The van der Waals surface area contributed by atoms with Gasteiger partial charge >= 0.3 is 0 Å². The molecule has 3 heteroatoms. The maximum atomic E-state index is 11.8.